The van der Waals surface area contributed by atoms with Crippen LogP contribution in [0.5, 0.6) is 0 Å². The second-order valence-electron chi connectivity index (χ2n) is 4.29. The molecule has 2 aromatic heterocycles. The molecule has 0 aliphatic heterocycles. The summed E-state index contributed by atoms with van der Waals surface area (Å²) in [4.78, 5) is 20.0. The second-order valence-corrected chi connectivity index (χ2v) is 4.29. The molecule has 0 aliphatic rings. The lowest BCUT2D eigenvalue weighted by Gasteiger charge is -2.03. The van der Waals surface area contributed by atoms with Gasteiger partial charge in [0.15, 0.2) is 0 Å². The molecule has 0 atom stereocenters. The second kappa shape index (κ2) is 4.73. The Morgan fingerprint density at radius 1 is 1.20 bits per heavy atom. The van der Waals surface area contributed by atoms with Crippen LogP contribution in [0, 0.1) is 6.92 Å². The summed E-state index contributed by atoms with van der Waals surface area (Å²) in [7, 11) is 1.30. The van der Waals surface area contributed by atoms with Gasteiger partial charge in [-0.1, -0.05) is 30.3 Å². The molecule has 6 heteroatoms. The molecule has 0 radical (unpaired) electrons. The Labute approximate surface area is 115 Å². The lowest BCUT2D eigenvalue weighted by molar-refractivity contribution is 0.0587. The molecule has 0 amide bonds. The lowest BCUT2D eigenvalue weighted by atomic mass is 10.1. The number of hydrogen-bond donors (Lipinski definition) is 0. The van der Waals surface area contributed by atoms with Crippen LogP contribution < -0.4 is 0 Å². The Balaban J connectivity index is 2.17. The van der Waals surface area contributed by atoms with Crippen molar-refractivity contribution < 1.29 is 9.53 Å². The minimum Gasteiger partial charge on any atom is -0.463 e. The Morgan fingerprint density at radius 3 is 2.65 bits per heavy atom. The first-order valence-electron chi connectivity index (χ1n) is 6.07. The predicted octanol–water partition coefficient (Wildman–Crippen LogP) is 1.89. The van der Waals surface area contributed by atoms with E-state index in [4.69, 9.17) is 0 Å². The summed E-state index contributed by atoms with van der Waals surface area (Å²) in [5.74, 6) is -0.186. The molecule has 0 aliphatic carbocycles. The van der Waals surface area contributed by atoms with Crippen molar-refractivity contribution in [1.82, 2.24) is 19.6 Å². The van der Waals surface area contributed by atoms with Gasteiger partial charge in [-0.3, -0.25) is 0 Å². The number of benzene rings is 1. The first-order valence-corrected chi connectivity index (χ1v) is 6.07. The summed E-state index contributed by atoms with van der Waals surface area (Å²) in [6.07, 6.45) is 0. The molecule has 20 heavy (non-hydrogen) atoms. The lowest BCUT2D eigenvalue weighted by Crippen LogP contribution is -2.04. The molecule has 0 N–H and O–H groups in total. The van der Waals surface area contributed by atoms with E-state index in [0.717, 1.165) is 17.0 Å². The van der Waals surface area contributed by atoms with Gasteiger partial charge in [0.05, 0.1) is 12.8 Å². The first kappa shape index (κ1) is 12.3. The highest BCUT2D eigenvalue weighted by molar-refractivity contribution is 5.85. The van der Waals surface area contributed by atoms with Gasteiger partial charge >= 0.3 is 5.97 Å². The monoisotopic (exact) mass is 268 g/mol. The van der Waals surface area contributed by atoms with Crippen molar-refractivity contribution in [3.8, 4) is 11.3 Å². The normalized spacial score (nSPS) is 10.7. The molecule has 3 aromatic rings. The zero-order valence-corrected chi connectivity index (χ0v) is 11.1. The van der Waals surface area contributed by atoms with E-state index in [0.29, 0.717) is 5.78 Å². The van der Waals surface area contributed by atoms with Crippen LogP contribution in [0.1, 0.15) is 16.3 Å². The number of carbonyl (C=O) groups is 1. The molecule has 0 bridgehead atoms. The van der Waals surface area contributed by atoms with Gasteiger partial charge in [0.2, 0.25) is 0 Å². The fraction of sp³-hybridized carbons (Fsp3) is 0.143. The number of methoxy groups -OCH3 is 1. The highest BCUT2D eigenvalue weighted by Crippen LogP contribution is 2.18. The number of aromatic nitrogens is 4. The predicted molar refractivity (Wildman–Crippen MR) is 72.3 cm³/mol. The molecule has 2 heterocycles. The third kappa shape index (κ3) is 2.01. The topological polar surface area (TPSA) is 69.4 Å². The Bertz CT molecular complexity index is 780. The molecule has 6 nitrogen and oxygen atoms in total. The third-order valence-electron chi connectivity index (χ3n) is 2.93. The number of rotatable bonds is 2. The van der Waals surface area contributed by atoms with E-state index < -0.39 is 5.97 Å². The number of esters is 1. The van der Waals surface area contributed by atoms with Crippen molar-refractivity contribution in [2.75, 3.05) is 7.11 Å². The van der Waals surface area contributed by atoms with Gasteiger partial charge in [-0.25, -0.2) is 14.3 Å². The molecule has 0 saturated heterocycles. The summed E-state index contributed by atoms with van der Waals surface area (Å²) in [5.41, 5.74) is 2.62. The zero-order valence-electron chi connectivity index (χ0n) is 11.1. The van der Waals surface area contributed by atoms with E-state index in [1.54, 1.807) is 0 Å². The molecule has 0 fully saturated rings. The highest BCUT2D eigenvalue weighted by atomic mass is 16.5. The number of aryl methyl sites for hydroxylation is 1. The van der Waals surface area contributed by atoms with Crippen LogP contribution in [0.25, 0.3) is 17.0 Å². The number of hydrogen-bond acceptors (Lipinski definition) is 5. The summed E-state index contributed by atoms with van der Waals surface area (Å²) < 4.78 is 6.14. The van der Waals surface area contributed by atoms with Gasteiger partial charge in [-0.15, -0.1) is 5.10 Å². The average Bonchev–Trinajstić information content (AvgIpc) is 2.92. The van der Waals surface area contributed by atoms with E-state index in [-0.39, 0.29) is 5.82 Å². The molecule has 3 rings (SSSR count). The fourth-order valence-electron chi connectivity index (χ4n) is 1.95. The quantitative estimate of drug-likeness (QED) is 0.664. The highest BCUT2D eigenvalue weighted by Gasteiger charge is 2.15. The van der Waals surface area contributed by atoms with Crippen molar-refractivity contribution in [2.24, 2.45) is 0 Å². The van der Waals surface area contributed by atoms with Gasteiger partial charge in [-0.05, 0) is 13.0 Å². The van der Waals surface area contributed by atoms with Gasteiger partial charge in [0.25, 0.3) is 11.6 Å². The van der Waals surface area contributed by atoms with Crippen molar-refractivity contribution in [3.05, 3.63) is 47.9 Å². The minimum atomic E-state index is -0.573. The molecule has 0 spiro atoms. The van der Waals surface area contributed by atoms with E-state index in [2.05, 4.69) is 19.8 Å². The Kier molecular flexibility index (Phi) is 2.90. The van der Waals surface area contributed by atoms with Crippen LogP contribution in [-0.2, 0) is 4.74 Å². The summed E-state index contributed by atoms with van der Waals surface area (Å²) in [6, 6.07) is 11.7. The molecule has 0 saturated carbocycles. The van der Waals surface area contributed by atoms with Crippen LogP contribution in [0.2, 0.25) is 0 Å². The van der Waals surface area contributed by atoms with E-state index >= 15 is 0 Å². The maximum Gasteiger partial charge on any atom is 0.378 e. The smallest absolute Gasteiger partial charge is 0.378 e. The van der Waals surface area contributed by atoms with Gasteiger partial charge < -0.3 is 4.74 Å². The molecular formula is C14H12N4O2. The van der Waals surface area contributed by atoms with Crippen LogP contribution >= 0.6 is 0 Å². The molecule has 1 aromatic carbocycles. The summed E-state index contributed by atoms with van der Waals surface area (Å²) in [5, 5.41) is 4.09. The van der Waals surface area contributed by atoms with E-state index in [9.17, 15) is 4.79 Å². The molecule has 100 valence electrons. The number of ether oxygens (including phenoxy) is 1. The number of fused-ring (bicyclic) bond motifs is 1. The zero-order chi connectivity index (χ0) is 14.1. The van der Waals surface area contributed by atoms with E-state index in [1.807, 2.05) is 43.3 Å². The van der Waals surface area contributed by atoms with Crippen molar-refractivity contribution in [2.45, 2.75) is 6.92 Å². The molecular weight excluding hydrogens is 256 g/mol. The standard InChI is InChI=1S/C14H12N4O2/c1-9-8-11(10-6-4-3-5-7-10)15-14-16-12(13(19)20-2)17-18(9)14/h3-8H,1-2H3. The Hall–Kier alpha value is -2.76. The maximum atomic E-state index is 11.5. The summed E-state index contributed by atoms with van der Waals surface area (Å²) in [6.45, 7) is 1.89. The van der Waals surface area contributed by atoms with Gasteiger partial charge in [0.1, 0.15) is 0 Å². The third-order valence-corrected chi connectivity index (χ3v) is 2.93. The van der Waals surface area contributed by atoms with Gasteiger partial charge in [0, 0.05) is 11.3 Å². The van der Waals surface area contributed by atoms with Crippen molar-refractivity contribution in [3.63, 3.8) is 0 Å². The largest absolute Gasteiger partial charge is 0.463 e. The van der Waals surface area contributed by atoms with Crippen LogP contribution in [0.3, 0.4) is 0 Å². The van der Waals surface area contributed by atoms with Gasteiger partial charge in [-0.2, -0.15) is 4.98 Å². The van der Waals surface area contributed by atoms with Crippen LogP contribution in [0.15, 0.2) is 36.4 Å². The van der Waals surface area contributed by atoms with Crippen molar-refractivity contribution >= 4 is 11.7 Å². The van der Waals surface area contributed by atoms with Crippen LogP contribution in [0.4, 0.5) is 0 Å². The summed E-state index contributed by atoms with van der Waals surface area (Å²) >= 11 is 0. The van der Waals surface area contributed by atoms with E-state index in [1.165, 1.54) is 11.6 Å². The SMILES string of the molecule is COC(=O)c1nc2nc(-c3ccccc3)cc(C)n2n1. The molecule has 0 unspecified atom stereocenters. The minimum absolute atomic E-state index is 0.00770. The average molecular weight is 268 g/mol. The number of nitrogens with zero attached hydrogens (tertiary/aromatic N) is 4. The first-order chi connectivity index (χ1) is 9.69. The van der Waals surface area contributed by atoms with Crippen LogP contribution in [-0.4, -0.2) is 32.7 Å². The Morgan fingerprint density at radius 2 is 1.95 bits per heavy atom. The number of carbonyl (C=O) groups excluding carboxylic acids is 1. The maximum absolute atomic E-state index is 11.5. The van der Waals surface area contributed by atoms with Crippen molar-refractivity contribution in [1.29, 1.82) is 0 Å². The fourth-order valence-corrected chi connectivity index (χ4v) is 1.95.